The maximum atomic E-state index is 12.2. The summed E-state index contributed by atoms with van der Waals surface area (Å²) in [6.45, 7) is 0.472. The first-order valence-corrected chi connectivity index (χ1v) is 9.19. The van der Waals surface area contributed by atoms with Crippen LogP contribution in [0, 0.1) is 5.82 Å². The first kappa shape index (κ1) is 20.5. The summed E-state index contributed by atoms with van der Waals surface area (Å²) in [6.07, 6.45) is 0. The van der Waals surface area contributed by atoms with E-state index >= 15 is 0 Å². The number of benzene rings is 3. The van der Waals surface area contributed by atoms with Crippen molar-refractivity contribution in [3.8, 4) is 11.3 Å². The Morgan fingerprint density at radius 3 is 2.38 bits per heavy atom. The molecule has 1 aromatic heterocycles. The summed E-state index contributed by atoms with van der Waals surface area (Å²) in [5.74, 6) is -1.18. The number of rotatable bonds is 3. The quantitative estimate of drug-likeness (QED) is 0.466. The summed E-state index contributed by atoms with van der Waals surface area (Å²) >= 11 is 5.97. The topological polar surface area (TPSA) is 76.2 Å². The number of carbonyl (C=O) groups is 1. The van der Waals surface area contributed by atoms with Gasteiger partial charge >= 0.3 is 5.97 Å². The van der Waals surface area contributed by atoms with E-state index in [-0.39, 0.29) is 11.4 Å². The van der Waals surface area contributed by atoms with Gasteiger partial charge in [-0.15, -0.1) is 0 Å². The molecule has 0 unspecified atom stereocenters. The van der Waals surface area contributed by atoms with E-state index in [1.165, 1.54) is 12.1 Å². The molecule has 6 heteroatoms. The molecule has 0 radical (unpaired) electrons. The van der Waals surface area contributed by atoms with Gasteiger partial charge in [-0.25, -0.2) is 14.2 Å². The SMILES string of the molecule is NCc1ccc(F)cc1.O=C(O)c1cc(-c2cccc(Cl)c2)nc2ccccc12. The molecule has 29 heavy (non-hydrogen) atoms. The van der Waals surface area contributed by atoms with E-state index in [0.29, 0.717) is 28.2 Å². The Morgan fingerprint density at radius 2 is 1.72 bits per heavy atom. The number of nitrogens with zero attached hydrogens (tertiary/aromatic N) is 1. The van der Waals surface area contributed by atoms with Crippen LogP contribution in [-0.4, -0.2) is 16.1 Å². The fraction of sp³-hybridized carbons (Fsp3) is 0.0435. The minimum Gasteiger partial charge on any atom is -0.478 e. The number of nitrogens with two attached hydrogens (primary N) is 1. The van der Waals surface area contributed by atoms with Gasteiger partial charge in [0.15, 0.2) is 0 Å². The molecule has 3 N–H and O–H groups in total. The Kier molecular flexibility index (Phi) is 6.54. The highest BCUT2D eigenvalue weighted by Gasteiger charge is 2.12. The third-order valence-electron chi connectivity index (χ3n) is 4.22. The zero-order valence-corrected chi connectivity index (χ0v) is 16.1. The van der Waals surface area contributed by atoms with E-state index in [2.05, 4.69) is 4.98 Å². The van der Waals surface area contributed by atoms with Gasteiger partial charge in [0.1, 0.15) is 5.82 Å². The van der Waals surface area contributed by atoms with E-state index in [1.54, 1.807) is 48.5 Å². The Balaban J connectivity index is 0.000000224. The third kappa shape index (κ3) is 5.16. The predicted octanol–water partition coefficient (Wildman–Crippen LogP) is 5.54. The van der Waals surface area contributed by atoms with Gasteiger partial charge in [-0.3, -0.25) is 0 Å². The monoisotopic (exact) mass is 408 g/mol. The lowest BCUT2D eigenvalue weighted by molar-refractivity contribution is 0.0699. The van der Waals surface area contributed by atoms with Crippen molar-refractivity contribution in [2.45, 2.75) is 6.54 Å². The van der Waals surface area contributed by atoms with E-state index in [0.717, 1.165) is 11.1 Å². The molecular formula is C23H18ClFN2O2. The second-order valence-electron chi connectivity index (χ2n) is 6.22. The number of hydrogen-bond donors (Lipinski definition) is 2. The zero-order valence-electron chi connectivity index (χ0n) is 15.3. The number of pyridine rings is 1. The number of carboxylic acid groups (broad SMARTS) is 1. The van der Waals surface area contributed by atoms with Crippen LogP contribution >= 0.6 is 11.6 Å². The van der Waals surface area contributed by atoms with Crippen LogP contribution in [0.3, 0.4) is 0 Å². The Hall–Kier alpha value is -3.28. The van der Waals surface area contributed by atoms with Crippen molar-refractivity contribution < 1.29 is 14.3 Å². The van der Waals surface area contributed by atoms with Crippen LogP contribution < -0.4 is 5.73 Å². The molecule has 0 amide bonds. The van der Waals surface area contributed by atoms with Crippen molar-refractivity contribution in [3.63, 3.8) is 0 Å². The molecule has 146 valence electrons. The number of para-hydroxylation sites is 1. The number of halogens is 2. The first-order valence-electron chi connectivity index (χ1n) is 8.81. The maximum absolute atomic E-state index is 12.2. The summed E-state index contributed by atoms with van der Waals surface area (Å²) in [5.41, 5.74) is 8.53. The molecule has 0 saturated carbocycles. The molecule has 3 aromatic carbocycles. The second kappa shape index (κ2) is 9.28. The number of aromatic nitrogens is 1. The molecule has 4 nitrogen and oxygen atoms in total. The van der Waals surface area contributed by atoms with Crippen LogP contribution in [-0.2, 0) is 6.54 Å². The average molecular weight is 409 g/mol. The molecular weight excluding hydrogens is 391 g/mol. The fourth-order valence-electron chi connectivity index (χ4n) is 2.77. The van der Waals surface area contributed by atoms with Crippen molar-refractivity contribution in [2.24, 2.45) is 5.73 Å². The third-order valence-corrected chi connectivity index (χ3v) is 4.45. The van der Waals surface area contributed by atoms with Gasteiger partial charge in [0.05, 0.1) is 16.8 Å². The summed E-state index contributed by atoms with van der Waals surface area (Å²) in [7, 11) is 0. The highest BCUT2D eigenvalue weighted by atomic mass is 35.5. The summed E-state index contributed by atoms with van der Waals surface area (Å²) in [4.78, 5) is 15.9. The van der Waals surface area contributed by atoms with Crippen molar-refractivity contribution in [2.75, 3.05) is 0 Å². The molecule has 0 fully saturated rings. The van der Waals surface area contributed by atoms with Crippen LogP contribution in [0.2, 0.25) is 5.02 Å². The molecule has 0 aliphatic heterocycles. The van der Waals surface area contributed by atoms with Gasteiger partial charge in [0.25, 0.3) is 0 Å². The molecule has 1 heterocycles. The van der Waals surface area contributed by atoms with Crippen molar-refractivity contribution in [1.82, 2.24) is 4.98 Å². The highest BCUT2D eigenvalue weighted by Crippen LogP contribution is 2.26. The average Bonchev–Trinajstić information content (AvgIpc) is 2.74. The van der Waals surface area contributed by atoms with Crippen LogP contribution in [0.5, 0.6) is 0 Å². The van der Waals surface area contributed by atoms with Gasteiger partial charge in [-0.1, -0.05) is 54.1 Å². The molecule has 0 aliphatic carbocycles. The van der Waals surface area contributed by atoms with Crippen LogP contribution in [0.1, 0.15) is 15.9 Å². The van der Waals surface area contributed by atoms with Gasteiger partial charge in [0.2, 0.25) is 0 Å². The Labute approximate surface area is 172 Å². The predicted molar refractivity (Wildman–Crippen MR) is 113 cm³/mol. The molecule has 0 saturated heterocycles. The summed E-state index contributed by atoms with van der Waals surface area (Å²) in [5, 5.41) is 10.6. The van der Waals surface area contributed by atoms with E-state index in [1.807, 2.05) is 18.2 Å². The zero-order chi connectivity index (χ0) is 20.8. The first-order chi connectivity index (χ1) is 14.0. The highest BCUT2D eigenvalue weighted by molar-refractivity contribution is 6.30. The van der Waals surface area contributed by atoms with Gasteiger partial charge in [-0.2, -0.15) is 0 Å². The van der Waals surface area contributed by atoms with E-state index < -0.39 is 5.97 Å². The minimum absolute atomic E-state index is 0.216. The largest absolute Gasteiger partial charge is 0.478 e. The van der Waals surface area contributed by atoms with E-state index in [4.69, 9.17) is 17.3 Å². The number of fused-ring (bicyclic) bond motifs is 1. The van der Waals surface area contributed by atoms with E-state index in [9.17, 15) is 14.3 Å². The Morgan fingerprint density at radius 1 is 1.00 bits per heavy atom. The molecule has 0 spiro atoms. The summed E-state index contributed by atoms with van der Waals surface area (Å²) < 4.78 is 12.2. The van der Waals surface area contributed by atoms with Crippen LogP contribution in [0.15, 0.2) is 78.9 Å². The lowest BCUT2D eigenvalue weighted by Gasteiger charge is -2.07. The molecule has 0 aliphatic rings. The minimum atomic E-state index is -0.966. The second-order valence-corrected chi connectivity index (χ2v) is 6.65. The molecule has 4 rings (SSSR count). The number of aromatic carboxylic acids is 1. The standard InChI is InChI=1S/C16H10ClNO2.C7H8FN/c17-11-5-3-4-10(8-11)15-9-13(16(19)20)12-6-1-2-7-14(12)18-15;8-7-3-1-6(5-9)2-4-7/h1-9H,(H,19,20);1-4H,5,9H2. The van der Waals surface area contributed by atoms with Crippen LogP contribution in [0.25, 0.3) is 22.2 Å². The smallest absolute Gasteiger partial charge is 0.336 e. The lowest BCUT2D eigenvalue weighted by Crippen LogP contribution is -2.00. The van der Waals surface area contributed by atoms with Gasteiger partial charge in [-0.05, 0) is 42.0 Å². The number of hydrogen-bond acceptors (Lipinski definition) is 3. The van der Waals surface area contributed by atoms with Gasteiger partial charge in [0, 0.05) is 22.5 Å². The fourth-order valence-corrected chi connectivity index (χ4v) is 2.96. The molecule has 4 aromatic rings. The maximum Gasteiger partial charge on any atom is 0.336 e. The molecule has 0 atom stereocenters. The number of carboxylic acids is 1. The lowest BCUT2D eigenvalue weighted by atomic mass is 10.0. The van der Waals surface area contributed by atoms with Gasteiger partial charge < -0.3 is 10.8 Å². The normalized spacial score (nSPS) is 10.3. The molecule has 0 bridgehead atoms. The summed E-state index contributed by atoms with van der Waals surface area (Å²) in [6, 6.07) is 22.1. The van der Waals surface area contributed by atoms with Crippen molar-refractivity contribution >= 4 is 28.5 Å². The van der Waals surface area contributed by atoms with Crippen LogP contribution in [0.4, 0.5) is 4.39 Å². The Bertz CT molecular complexity index is 1150. The van der Waals surface area contributed by atoms with Crippen molar-refractivity contribution in [3.05, 3.63) is 101 Å². The van der Waals surface area contributed by atoms with Crippen molar-refractivity contribution in [1.29, 1.82) is 0 Å².